The predicted molar refractivity (Wildman–Crippen MR) is 206 cm³/mol. The molecule has 7 aromatic rings. The van der Waals surface area contributed by atoms with Gasteiger partial charge in [-0.25, -0.2) is 0 Å². The number of hydrogen-bond acceptors (Lipinski definition) is 2. The Labute approximate surface area is 316 Å². The van der Waals surface area contributed by atoms with Crippen LogP contribution in [0.5, 0.6) is 0 Å². The van der Waals surface area contributed by atoms with Crippen molar-refractivity contribution >= 4 is 11.0 Å². The second-order valence-corrected chi connectivity index (χ2v) is 13.3. The Bertz CT molecular complexity index is 2210. The van der Waals surface area contributed by atoms with Gasteiger partial charge in [0.2, 0.25) is 0 Å². The van der Waals surface area contributed by atoms with E-state index in [4.69, 9.17) is 9.10 Å². The van der Waals surface area contributed by atoms with E-state index in [1.807, 2.05) is 30.3 Å². The molecule has 4 heteroatoms. The van der Waals surface area contributed by atoms with Crippen LogP contribution in [0.3, 0.4) is 0 Å². The number of imidazole rings is 1. The number of benzene rings is 5. The van der Waals surface area contributed by atoms with Gasteiger partial charge in [0.1, 0.15) is 0 Å². The summed E-state index contributed by atoms with van der Waals surface area (Å²) in [6.45, 7) is 11.7. The average Bonchev–Trinajstić information content (AvgIpc) is 3.54. The number of hydrogen-bond donors (Lipinski definition) is 0. The van der Waals surface area contributed by atoms with Crippen molar-refractivity contribution in [2.24, 2.45) is 0 Å². The summed E-state index contributed by atoms with van der Waals surface area (Å²) in [5.41, 5.74) is 12.8. The SMILES string of the molecule is CC(C)c1cc(C(C)C)c(-n2c(-c3[c-]cccc3)nc3ccc(-c4ccccc4)cc32)c(C(C)C)c1.[2H]C([2H])([2H])c1ccc(-c2[c-]cccc2)nc1.[Ir]. The van der Waals surface area contributed by atoms with Crippen molar-refractivity contribution in [1.82, 2.24) is 14.5 Å². The molecule has 2 heterocycles. The van der Waals surface area contributed by atoms with Crippen molar-refractivity contribution < 1.29 is 24.2 Å². The monoisotopic (exact) mass is 835 g/mol. The van der Waals surface area contributed by atoms with E-state index in [1.54, 1.807) is 18.2 Å². The molecule has 3 nitrogen and oxygen atoms in total. The van der Waals surface area contributed by atoms with Crippen molar-refractivity contribution in [3.8, 4) is 39.5 Å². The first kappa shape index (κ1) is 32.6. The van der Waals surface area contributed by atoms with E-state index >= 15 is 0 Å². The molecule has 0 aliphatic heterocycles. The summed E-state index contributed by atoms with van der Waals surface area (Å²) >= 11 is 0. The molecule has 50 heavy (non-hydrogen) atoms. The first-order chi connectivity index (χ1) is 24.9. The van der Waals surface area contributed by atoms with Gasteiger partial charge in [-0.05, 0) is 75.8 Å². The summed E-state index contributed by atoms with van der Waals surface area (Å²) in [7, 11) is 0. The van der Waals surface area contributed by atoms with Crippen LogP contribution in [0.25, 0.3) is 50.5 Å². The maximum atomic E-state index is 7.23. The Balaban J connectivity index is 0.000000267. The minimum absolute atomic E-state index is 0. The molecule has 1 radical (unpaired) electrons. The number of rotatable bonds is 7. The van der Waals surface area contributed by atoms with E-state index in [2.05, 4.69) is 136 Å². The third kappa shape index (κ3) is 8.05. The normalized spacial score (nSPS) is 12.2. The molecule has 0 aliphatic rings. The molecule has 0 fully saturated rings. The van der Waals surface area contributed by atoms with Gasteiger partial charge >= 0.3 is 0 Å². The van der Waals surface area contributed by atoms with Crippen LogP contribution in [0.2, 0.25) is 0 Å². The number of aromatic nitrogens is 3. The zero-order chi connectivity index (χ0) is 37.0. The molecule has 2 aromatic heterocycles. The third-order valence-electron chi connectivity index (χ3n) is 8.79. The number of fused-ring (bicyclic) bond motifs is 1. The topological polar surface area (TPSA) is 30.7 Å². The van der Waals surface area contributed by atoms with Crippen LogP contribution in [0.15, 0.2) is 128 Å². The fourth-order valence-corrected chi connectivity index (χ4v) is 6.11. The van der Waals surface area contributed by atoms with E-state index in [0.29, 0.717) is 17.8 Å². The first-order valence-electron chi connectivity index (χ1n) is 18.6. The van der Waals surface area contributed by atoms with Gasteiger partial charge in [-0.1, -0.05) is 102 Å². The maximum absolute atomic E-state index is 7.23. The molecule has 255 valence electrons. The molecular weight excluding hydrogens is 787 g/mol. The molecule has 7 rings (SSSR count). The fraction of sp³-hybridized carbons (Fsp3) is 0.217. The minimum Gasteiger partial charge on any atom is -0.333 e. The average molecular weight is 835 g/mol. The van der Waals surface area contributed by atoms with Crippen LogP contribution >= 0.6 is 0 Å². The second-order valence-electron chi connectivity index (χ2n) is 13.3. The van der Waals surface area contributed by atoms with Gasteiger partial charge in [-0.15, -0.1) is 71.8 Å². The Hall–Kier alpha value is -4.63. The van der Waals surface area contributed by atoms with Crippen LogP contribution in [-0.2, 0) is 20.1 Å². The van der Waals surface area contributed by atoms with Gasteiger partial charge in [0, 0.05) is 36.1 Å². The second kappa shape index (κ2) is 16.4. The molecule has 0 unspecified atom stereocenters. The van der Waals surface area contributed by atoms with Gasteiger partial charge < -0.3 is 9.55 Å². The number of pyridine rings is 1. The summed E-state index contributed by atoms with van der Waals surface area (Å²) in [5, 5.41) is 0. The van der Waals surface area contributed by atoms with Crippen LogP contribution in [-0.4, -0.2) is 14.5 Å². The van der Waals surface area contributed by atoms with Crippen LogP contribution in [0.4, 0.5) is 0 Å². The maximum Gasteiger partial charge on any atom is 0.0774 e. The van der Waals surface area contributed by atoms with E-state index in [1.165, 1.54) is 39.7 Å². The summed E-state index contributed by atoms with van der Waals surface area (Å²) in [5.74, 6) is 2.16. The summed E-state index contributed by atoms with van der Waals surface area (Å²) in [4.78, 5) is 9.31. The van der Waals surface area contributed by atoms with E-state index in [0.717, 1.165) is 33.7 Å². The standard InChI is InChI=1S/C34H35N2.C12H10N.Ir/c1-22(2)28-19-29(23(3)4)33(30(20-28)24(5)6)36-32-21-27(25-13-9-7-10-14-25)17-18-31(32)35-34(36)26-15-11-8-12-16-26;1-10-7-8-12(13-9-10)11-5-3-2-4-6-11;/h7-15,17-24H,1-6H3;2-5,7-9H,1H3;/q2*-1;/i;1D3;. The van der Waals surface area contributed by atoms with E-state index in [9.17, 15) is 0 Å². The molecule has 0 atom stereocenters. The van der Waals surface area contributed by atoms with Gasteiger partial charge in [0.25, 0.3) is 0 Å². The van der Waals surface area contributed by atoms with Gasteiger partial charge in [-0.3, -0.25) is 4.98 Å². The van der Waals surface area contributed by atoms with Gasteiger partial charge in [0.15, 0.2) is 0 Å². The quantitative estimate of drug-likeness (QED) is 0.150. The van der Waals surface area contributed by atoms with Crippen LogP contribution in [0.1, 0.15) is 85.7 Å². The zero-order valence-electron chi connectivity index (χ0n) is 32.5. The smallest absolute Gasteiger partial charge is 0.0774 e. The Morgan fingerprint density at radius 2 is 1.28 bits per heavy atom. The van der Waals surface area contributed by atoms with Crippen LogP contribution in [0, 0.1) is 19.0 Å². The van der Waals surface area contributed by atoms with Gasteiger partial charge in [0.05, 0.1) is 16.9 Å². The molecule has 0 N–H and O–H groups in total. The molecule has 0 saturated heterocycles. The Morgan fingerprint density at radius 1 is 0.640 bits per heavy atom. The molecule has 0 saturated carbocycles. The minimum atomic E-state index is -2.09. The largest absolute Gasteiger partial charge is 0.333 e. The molecule has 5 aromatic carbocycles. The van der Waals surface area contributed by atoms with Crippen molar-refractivity contribution in [3.63, 3.8) is 0 Å². The van der Waals surface area contributed by atoms with E-state index in [-0.39, 0.29) is 25.7 Å². The fourth-order valence-electron chi connectivity index (χ4n) is 6.11. The van der Waals surface area contributed by atoms with Gasteiger partial charge in [-0.2, -0.15) is 0 Å². The molecule has 0 bridgehead atoms. The number of aryl methyl sites for hydroxylation is 1. The molecule has 0 aliphatic carbocycles. The Kier molecular flexibility index (Phi) is 10.7. The van der Waals surface area contributed by atoms with Crippen molar-refractivity contribution in [2.45, 2.75) is 66.1 Å². The summed E-state index contributed by atoms with van der Waals surface area (Å²) in [6, 6.07) is 47.5. The third-order valence-corrected chi connectivity index (χ3v) is 8.79. The summed E-state index contributed by atoms with van der Waals surface area (Å²) in [6.07, 6.45) is 1.39. The van der Waals surface area contributed by atoms with Crippen molar-refractivity contribution in [1.29, 1.82) is 0 Å². The molecular formula is C46H45IrN3-2. The number of nitrogens with zero attached hydrogens (tertiary/aromatic N) is 3. The summed E-state index contributed by atoms with van der Waals surface area (Å²) < 4.78 is 24.1. The van der Waals surface area contributed by atoms with Crippen molar-refractivity contribution in [3.05, 3.63) is 162 Å². The first-order valence-corrected chi connectivity index (χ1v) is 17.1. The zero-order valence-corrected chi connectivity index (χ0v) is 31.9. The Morgan fingerprint density at radius 3 is 1.82 bits per heavy atom. The van der Waals surface area contributed by atoms with Crippen LogP contribution < -0.4 is 0 Å². The predicted octanol–water partition coefficient (Wildman–Crippen LogP) is 12.4. The molecule has 0 amide bonds. The molecule has 0 spiro atoms. The van der Waals surface area contributed by atoms with Crippen molar-refractivity contribution in [2.75, 3.05) is 0 Å². The van der Waals surface area contributed by atoms with E-state index < -0.39 is 6.85 Å².